The molecule has 3 nitrogen and oxygen atoms in total. The number of H-pyrrole nitrogens is 1. The summed E-state index contributed by atoms with van der Waals surface area (Å²) in [5, 5.41) is 11.4. The lowest BCUT2D eigenvalue weighted by Crippen LogP contribution is -1.80. The maximum absolute atomic E-state index is 9.19. The van der Waals surface area contributed by atoms with Gasteiger partial charge >= 0.3 is 0 Å². The molecule has 20 heavy (non-hydrogen) atoms. The summed E-state index contributed by atoms with van der Waals surface area (Å²) in [6.07, 6.45) is 0. The lowest BCUT2D eigenvalue weighted by atomic mass is 10.1. The van der Waals surface area contributed by atoms with Crippen molar-refractivity contribution in [2.45, 2.75) is 6.61 Å². The number of hydrogen-bond donors (Lipinski definition) is 2. The Morgan fingerprint density at radius 2 is 1.85 bits per heavy atom. The second kappa shape index (κ2) is 4.25. The molecule has 0 aliphatic heterocycles. The van der Waals surface area contributed by atoms with E-state index in [1.807, 2.05) is 54.6 Å². The van der Waals surface area contributed by atoms with E-state index in [2.05, 4.69) is 4.98 Å². The molecular weight excluding hydrogens is 250 g/mol. The first-order valence-corrected chi connectivity index (χ1v) is 6.55. The Bertz CT molecular complexity index is 869. The van der Waals surface area contributed by atoms with Crippen LogP contribution in [0.2, 0.25) is 0 Å². The highest BCUT2D eigenvalue weighted by atomic mass is 16.3. The molecule has 2 N–H and O–H groups in total. The number of para-hydroxylation sites is 1. The second-order valence-electron chi connectivity index (χ2n) is 4.91. The normalized spacial score (nSPS) is 11.4. The van der Waals surface area contributed by atoms with Gasteiger partial charge in [-0.15, -0.1) is 0 Å². The first-order valence-electron chi connectivity index (χ1n) is 6.55. The molecule has 2 aromatic carbocycles. The van der Waals surface area contributed by atoms with Crippen LogP contribution >= 0.6 is 0 Å². The summed E-state index contributed by atoms with van der Waals surface area (Å²) in [4.78, 5) is 3.35. The quantitative estimate of drug-likeness (QED) is 0.572. The predicted octanol–water partition coefficient (Wildman–Crippen LogP) is 4.07. The van der Waals surface area contributed by atoms with Crippen molar-refractivity contribution in [1.29, 1.82) is 0 Å². The van der Waals surface area contributed by atoms with Crippen molar-refractivity contribution in [2.24, 2.45) is 0 Å². The molecule has 98 valence electrons. The van der Waals surface area contributed by atoms with Crippen LogP contribution in [-0.2, 0) is 6.61 Å². The zero-order valence-corrected chi connectivity index (χ0v) is 10.8. The molecule has 2 aromatic heterocycles. The molecule has 0 aliphatic rings. The average Bonchev–Trinajstić information content (AvgIpc) is 3.09. The summed E-state index contributed by atoms with van der Waals surface area (Å²) in [7, 11) is 0. The number of hydrogen-bond acceptors (Lipinski definition) is 2. The van der Waals surface area contributed by atoms with Gasteiger partial charge < -0.3 is 14.5 Å². The van der Waals surface area contributed by atoms with Crippen LogP contribution in [0.5, 0.6) is 0 Å². The molecule has 4 aromatic rings. The maximum Gasteiger partial charge on any atom is 0.151 e. The molecule has 0 radical (unpaired) electrons. The summed E-state index contributed by atoms with van der Waals surface area (Å²) >= 11 is 0. The van der Waals surface area contributed by atoms with Crippen LogP contribution < -0.4 is 0 Å². The number of fused-ring (bicyclic) bond motifs is 2. The largest absolute Gasteiger partial charge is 0.455 e. The van der Waals surface area contributed by atoms with Crippen LogP contribution in [-0.4, -0.2) is 10.1 Å². The van der Waals surface area contributed by atoms with Crippen molar-refractivity contribution in [3.63, 3.8) is 0 Å². The topological polar surface area (TPSA) is 49.2 Å². The molecule has 0 unspecified atom stereocenters. The third-order valence-electron chi connectivity index (χ3n) is 3.56. The molecule has 0 spiro atoms. The van der Waals surface area contributed by atoms with Gasteiger partial charge in [-0.2, -0.15) is 0 Å². The Morgan fingerprint density at radius 3 is 2.70 bits per heavy atom. The smallest absolute Gasteiger partial charge is 0.151 e. The Morgan fingerprint density at radius 1 is 0.950 bits per heavy atom. The molecule has 2 heterocycles. The van der Waals surface area contributed by atoms with E-state index in [-0.39, 0.29) is 6.61 Å². The Kier molecular flexibility index (Phi) is 2.41. The predicted molar refractivity (Wildman–Crippen MR) is 79.4 cm³/mol. The first-order chi connectivity index (χ1) is 9.83. The van der Waals surface area contributed by atoms with E-state index < -0.39 is 0 Å². The van der Waals surface area contributed by atoms with Gasteiger partial charge in [-0.05, 0) is 35.9 Å². The number of rotatable bonds is 2. The number of aromatic nitrogens is 1. The molecular formula is C17H13NO2. The van der Waals surface area contributed by atoms with E-state index in [1.165, 1.54) is 0 Å². The highest BCUT2D eigenvalue weighted by Gasteiger charge is 2.09. The maximum atomic E-state index is 9.19. The summed E-state index contributed by atoms with van der Waals surface area (Å²) in [5.41, 5.74) is 3.79. The average molecular weight is 263 g/mol. The lowest BCUT2D eigenvalue weighted by molar-refractivity contribution is 0.282. The fourth-order valence-electron chi connectivity index (χ4n) is 2.53. The van der Waals surface area contributed by atoms with E-state index in [0.29, 0.717) is 0 Å². The van der Waals surface area contributed by atoms with Gasteiger partial charge in [-0.25, -0.2) is 0 Å². The Labute approximate surface area is 115 Å². The number of aliphatic hydroxyl groups excluding tert-OH is 1. The number of furan rings is 1. The van der Waals surface area contributed by atoms with Crippen molar-refractivity contribution in [3.05, 3.63) is 60.2 Å². The number of aromatic amines is 1. The molecule has 4 rings (SSSR count). The van der Waals surface area contributed by atoms with Gasteiger partial charge in [-0.1, -0.05) is 24.3 Å². The van der Waals surface area contributed by atoms with Crippen molar-refractivity contribution >= 4 is 21.9 Å². The summed E-state index contributed by atoms with van der Waals surface area (Å²) in [5.74, 6) is 0.827. The van der Waals surface area contributed by atoms with Crippen molar-refractivity contribution < 1.29 is 9.52 Å². The molecule has 0 amide bonds. The lowest BCUT2D eigenvalue weighted by Gasteiger charge is -1.94. The molecule has 0 fully saturated rings. The third kappa shape index (κ3) is 1.72. The minimum atomic E-state index is 0.0566. The van der Waals surface area contributed by atoms with Gasteiger partial charge in [0.2, 0.25) is 0 Å². The van der Waals surface area contributed by atoms with Crippen LogP contribution in [0.4, 0.5) is 0 Å². The minimum Gasteiger partial charge on any atom is -0.455 e. The second-order valence-corrected chi connectivity index (χ2v) is 4.91. The van der Waals surface area contributed by atoms with Gasteiger partial charge in [0.1, 0.15) is 5.58 Å². The Hall–Kier alpha value is -2.52. The van der Waals surface area contributed by atoms with Crippen LogP contribution in [0.3, 0.4) is 0 Å². The third-order valence-corrected chi connectivity index (χ3v) is 3.56. The van der Waals surface area contributed by atoms with E-state index in [0.717, 1.165) is 38.9 Å². The highest BCUT2D eigenvalue weighted by molar-refractivity contribution is 5.88. The summed E-state index contributed by atoms with van der Waals surface area (Å²) in [6, 6.07) is 17.9. The van der Waals surface area contributed by atoms with Crippen molar-refractivity contribution in [2.75, 3.05) is 0 Å². The van der Waals surface area contributed by atoms with Gasteiger partial charge in [0.15, 0.2) is 5.76 Å². The van der Waals surface area contributed by atoms with E-state index in [1.54, 1.807) is 0 Å². The fourth-order valence-corrected chi connectivity index (χ4v) is 2.53. The molecule has 0 atom stereocenters. The van der Waals surface area contributed by atoms with E-state index in [9.17, 15) is 5.11 Å². The van der Waals surface area contributed by atoms with Crippen LogP contribution in [0, 0.1) is 0 Å². The molecule has 0 aliphatic carbocycles. The van der Waals surface area contributed by atoms with Crippen LogP contribution in [0.1, 0.15) is 5.56 Å². The van der Waals surface area contributed by atoms with Gasteiger partial charge in [-0.3, -0.25) is 0 Å². The standard InChI is InChI=1S/C17H13NO2/c19-10-11-5-6-14-13(7-11)8-15(18-14)17-9-12-3-1-2-4-16(12)20-17/h1-9,18-19H,10H2. The zero-order chi connectivity index (χ0) is 13.5. The zero-order valence-electron chi connectivity index (χ0n) is 10.8. The van der Waals surface area contributed by atoms with Crippen molar-refractivity contribution in [3.8, 4) is 11.5 Å². The summed E-state index contributed by atoms with van der Waals surface area (Å²) in [6.45, 7) is 0.0566. The van der Waals surface area contributed by atoms with Crippen LogP contribution in [0.15, 0.2) is 59.0 Å². The minimum absolute atomic E-state index is 0.0566. The van der Waals surface area contributed by atoms with E-state index in [4.69, 9.17) is 4.42 Å². The van der Waals surface area contributed by atoms with Crippen LogP contribution in [0.25, 0.3) is 33.3 Å². The van der Waals surface area contributed by atoms with Gasteiger partial charge in [0.05, 0.1) is 12.3 Å². The number of benzene rings is 2. The van der Waals surface area contributed by atoms with Gasteiger partial charge in [0.25, 0.3) is 0 Å². The van der Waals surface area contributed by atoms with Gasteiger partial charge in [0, 0.05) is 16.3 Å². The Balaban J connectivity index is 1.88. The SMILES string of the molecule is OCc1ccc2[nH]c(-c3cc4ccccc4o3)cc2c1. The molecule has 0 saturated heterocycles. The molecule has 0 saturated carbocycles. The number of nitrogens with one attached hydrogen (secondary N) is 1. The van der Waals surface area contributed by atoms with E-state index >= 15 is 0 Å². The summed E-state index contributed by atoms with van der Waals surface area (Å²) < 4.78 is 5.86. The molecule has 0 bridgehead atoms. The highest BCUT2D eigenvalue weighted by Crippen LogP contribution is 2.29. The molecule has 3 heteroatoms. The monoisotopic (exact) mass is 263 g/mol. The fraction of sp³-hybridized carbons (Fsp3) is 0.0588. The van der Waals surface area contributed by atoms with Crippen molar-refractivity contribution in [1.82, 2.24) is 4.98 Å². The first kappa shape index (κ1) is 11.3. The number of aliphatic hydroxyl groups is 1.